The summed E-state index contributed by atoms with van der Waals surface area (Å²) in [6.07, 6.45) is 3.10. The first kappa shape index (κ1) is 17.4. The molecule has 0 aromatic heterocycles. The molecule has 0 rings (SSSR count). The van der Waals surface area contributed by atoms with Gasteiger partial charge in [-0.1, -0.05) is 13.3 Å². The fourth-order valence-corrected chi connectivity index (χ4v) is 1.23. The van der Waals surface area contributed by atoms with Gasteiger partial charge < -0.3 is 19.5 Å². The summed E-state index contributed by atoms with van der Waals surface area (Å²) in [6, 6.07) is 0. The Morgan fingerprint density at radius 1 is 0.889 bits per heavy atom. The normalized spacial score (nSPS) is 10.6. The molecule has 1 N–H and O–H groups in total. The molecule has 0 unspecified atom stereocenters. The van der Waals surface area contributed by atoms with Crippen LogP contribution < -0.4 is 5.32 Å². The summed E-state index contributed by atoms with van der Waals surface area (Å²) in [5, 5.41) is 2.71. The van der Waals surface area contributed by atoms with Crippen molar-refractivity contribution in [2.24, 2.45) is 0 Å². The number of rotatable bonds is 13. The van der Waals surface area contributed by atoms with Gasteiger partial charge >= 0.3 is 0 Å². The standard InChI is InChI=1S/C13H27NO4/c1-3-4-7-16-9-11-18-12-10-17-8-5-6-14-13(2)15/h3-12H2,1-2H3,(H,14,15). The van der Waals surface area contributed by atoms with Crippen LogP contribution >= 0.6 is 0 Å². The molecule has 0 saturated heterocycles. The SMILES string of the molecule is CCCCOCCOCCOCCCNC(C)=O. The maximum absolute atomic E-state index is 10.6. The molecule has 5 heteroatoms. The zero-order valence-electron chi connectivity index (χ0n) is 11.7. The lowest BCUT2D eigenvalue weighted by Crippen LogP contribution is -2.22. The van der Waals surface area contributed by atoms with E-state index in [0.29, 0.717) is 39.6 Å². The summed E-state index contributed by atoms with van der Waals surface area (Å²) in [7, 11) is 0. The van der Waals surface area contributed by atoms with Crippen LogP contribution in [0.5, 0.6) is 0 Å². The van der Waals surface area contributed by atoms with Gasteiger partial charge in [0.05, 0.1) is 26.4 Å². The van der Waals surface area contributed by atoms with E-state index < -0.39 is 0 Å². The summed E-state index contributed by atoms with van der Waals surface area (Å²) >= 11 is 0. The molecule has 0 heterocycles. The van der Waals surface area contributed by atoms with E-state index in [1.165, 1.54) is 6.92 Å². The summed E-state index contributed by atoms with van der Waals surface area (Å²) < 4.78 is 16.0. The van der Waals surface area contributed by atoms with Gasteiger partial charge in [0.2, 0.25) is 5.91 Å². The van der Waals surface area contributed by atoms with Crippen molar-refractivity contribution in [1.82, 2.24) is 5.32 Å². The number of hydrogen-bond acceptors (Lipinski definition) is 4. The predicted octanol–water partition coefficient (Wildman–Crippen LogP) is 1.36. The van der Waals surface area contributed by atoms with Gasteiger partial charge in [-0.15, -0.1) is 0 Å². The van der Waals surface area contributed by atoms with Gasteiger partial charge in [0.15, 0.2) is 0 Å². The number of carbonyl (C=O) groups excluding carboxylic acids is 1. The van der Waals surface area contributed by atoms with Crippen LogP contribution in [0.25, 0.3) is 0 Å². The van der Waals surface area contributed by atoms with Gasteiger partial charge in [-0.3, -0.25) is 4.79 Å². The first-order valence-corrected chi connectivity index (χ1v) is 6.75. The molecule has 0 aliphatic carbocycles. The number of ether oxygens (including phenoxy) is 3. The van der Waals surface area contributed by atoms with E-state index in [1.54, 1.807) is 0 Å². The molecular formula is C13H27NO4. The van der Waals surface area contributed by atoms with Crippen LogP contribution in [0, 0.1) is 0 Å². The van der Waals surface area contributed by atoms with Crippen LogP contribution in [0.15, 0.2) is 0 Å². The predicted molar refractivity (Wildman–Crippen MR) is 70.7 cm³/mol. The molecule has 0 atom stereocenters. The molecule has 0 aromatic carbocycles. The molecule has 0 saturated carbocycles. The highest BCUT2D eigenvalue weighted by Crippen LogP contribution is 1.88. The average Bonchev–Trinajstić information content (AvgIpc) is 2.34. The van der Waals surface area contributed by atoms with Crippen molar-refractivity contribution in [1.29, 1.82) is 0 Å². The molecule has 0 bridgehead atoms. The molecule has 5 nitrogen and oxygen atoms in total. The van der Waals surface area contributed by atoms with Gasteiger partial charge in [0.1, 0.15) is 0 Å². The third-order valence-electron chi connectivity index (χ3n) is 2.23. The molecule has 0 radical (unpaired) electrons. The lowest BCUT2D eigenvalue weighted by atomic mass is 10.4. The highest BCUT2D eigenvalue weighted by atomic mass is 16.5. The van der Waals surface area contributed by atoms with E-state index in [0.717, 1.165) is 25.9 Å². The zero-order chi connectivity index (χ0) is 13.5. The topological polar surface area (TPSA) is 56.8 Å². The van der Waals surface area contributed by atoms with Crippen molar-refractivity contribution in [2.45, 2.75) is 33.1 Å². The van der Waals surface area contributed by atoms with Crippen molar-refractivity contribution in [3.05, 3.63) is 0 Å². The Balaban J connectivity index is 2.92. The van der Waals surface area contributed by atoms with Gasteiger partial charge in [-0.05, 0) is 12.8 Å². The van der Waals surface area contributed by atoms with Gasteiger partial charge in [0, 0.05) is 26.7 Å². The van der Waals surface area contributed by atoms with Crippen LogP contribution in [-0.2, 0) is 19.0 Å². The molecule has 0 aromatic rings. The minimum absolute atomic E-state index is 0.00130. The number of carbonyl (C=O) groups is 1. The van der Waals surface area contributed by atoms with Gasteiger partial charge in [0.25, 0.3) is 0 Å². The second-order valence-electron chi connectivity index (χ2n) is 4.03. The highest BCUT2D eigenvalue weighted by Gasteiger charge is 1.93. The van der Waals surface area contributed by atoms with Gasteiger partial charge in [-0.2, -0.15) is 0 Å². The Morgan fingerprint density at radius 3 is 1.89 bits per heavy atom. The maximum Gasteiger partial charge on any atom is 0.216 e. The van der Waals surface area contributed by atoms with E-state index >= 15 is 0 Å². The van der Waals surface area contributed by atoms with E-state index in [9.17, 15) is 4.79 Å². The number of nitrogens with one attached hydrogen (secondary N) is 1. The summed E-state index contributed by atoms with van der Waals surface area (Å²) in [5.74, 6) is 0.00130. The zero-order valence-corrected chi connectivity index (χ0v) is 11.7. The van der Waals surface area contributed by atoms with Crippen LogP contribution in [0.1, 0.15) is 33.1 Å². The Morgan fingerprint density at radius 2 is 1.39 bits per heavy atom. The second-order valence-corrected chi connectivity index (χ2v) is 4.03. The third kappa shape index (κ3) is 15.4. The number of hydrogen-bond donors (Lipinski definition) is 1. The molecule has 0 aliphatic rings. The molecule has 1 amide bonds. The Labute approximate surface area is 110 Å². The molecule has 18 heavy (non-hydrogen) atoms. The van der Waals surface area contributed by atoms with Crippen LogP contribution in [0.2, 0.25) is 0 Å². The van der Waals surface area contributed by atoms with Crippen molar-refractivity contribution in [3.63, 3.8) is 0 Å². The monoisotopic (exact) mass is 261 g/mol. The molecule has 0 fully saturated rings. The Bertz CT molecular complexity index is 188. The Kier molecular flexibility index (Phi) is 13.9. The largest absolute Gasteiger partial charge is 0.379 e. The quantitative estimate of drug-likeness (QED) is 0.509. The van der Waals surface area contributed by atoms with E-state index in [2.05, 4.69) is 12.2 Å². The molecule has 108 valence electrons. The number of amides is 1. The molecular weight excluding hydrogens is 234 g/mol. The first-order chi connectivity index (χ1) is 8.77. The van der Waals surface area contributed by atoms with Gasteiger partial charge in [-0.25, -0.2) is 0 Å². The Hall–Kier alpha value is -0.650. The lowest BCUT2D eigenvalue weighted by molar-refractivity contribution is -0.119. The third-order valence-corrected chi connectivity index (χ3v) is 2.23. The van der Waals surface area contributed by atoms with Crippen LogP contribution in [0.3, 0.4) is 0 Å². The van der Waals surface area contributed by atoms with Crippen molar-refractivity contribution < 1.29 is 19.0 Å². The smallest absolute Gasteiger partial charge is 0.216 e. The first-order valence-electron chi connectivity index (χ1n) is 6.75. The van der Waals surface area contributed by atoms with E-state index in [-0.39, 0.29) is 5.91 Å². The fourth-order valence-electron chi connectivity index (χ4n) is 1.23. The maximum atomic E-state index is 10.6. The fraction of sp³-hybridized carbons (Fsp3) is 0.923. The molecule has 0 spiro atoms. The number of unbranched alkanes of at least 4 members (excludes halogenated alkanes) is 1. The summed E-state index contributed by atoms with van der Waals surface area (Å²) in [6.45, 7) is 8.26. The van der Waals surface area contributed by atoms with E-state index in [1.807, 2.05) is 0 Å². The van der Waals surface area contributed by atoms with Crippen LogP contribution in [0.4, 0.5) is 0 Å². The lowest BCUT2D eigenvalue weighted by Gasteiger charge is -2.06. The summed E-state index contributed by atoms with van der Waals surface area (Å²) in [4.78, 5) is 10.6. The van der Waals surface area contributed by atoms with Crippen molar-refractivity contribution >= 4 is 5.91 Å². The summed E-state index contributed by atoms with van der Waals surface area (Å²) in [5.41, 5.74) is 0. The second kappa shape index (κ2) is 14.4. The minimum Gasteiger partial charge on any atom is -0.379 e. The van der Waals surface area contributed by atoms with Crippen LogP contribution in [-0.4, -0.2) is 52.1 Å². The average molecular weight is 261 g/mol. The minimum atomic E-state index is 0.00130. The van der Waals surface area contributed by atoms with Crippen molar-refractivity contribution in [2.75, 3.05) is 46.2 Å². The van der Waals surface area contributed by atoms with E-state index in [4.69, 9.17) is 14.2 Å². The molecule has 0 aliphatic heterocycles. The van der Waals surface area contributed by atoms with Crippen molar-refractivity contribution in [3.8, 4) is 0 Å². The highest BCUT2D eigenvalue weighted by molar-refractivity contribution is 5.72.